The SMILES string of the molecule is CCOc1ccc(C(NC(=O)CSCc2ccccn2)c2ccccc2)cc1. The number of nitrogens with zero attached hydrogens (tertiary/aromatic N) is 1. The van der Waals surface area contributed by atoms with Gasteiger partial charge >= 0.3 is 0 Å². The Morgan fingerprint density at radius 2 is 1.71 bits per heavy atom. The Bertz CT molecular complexity index is 855. The summed E-state index contributed by atoms with van der Waals surface area (Å²) in [6.07, 6.45) is 1.77. The van der Waals surface area contributed by atoms with Crippen molar-refractivity contribution in [2.75, 3.05) is 12.4 Å². The monoisotopic (exact) mass is 392 g/mol. The second-order valence-corrected chi connectivity index (χ2v) is 7.21. The fraction of sp³-hybridized carbons (Fsp3) is 0.217. The average molecular weight is 393 g/mol. The van der Waals surface area contributed by atoms with E-state index in [1.54, 1.807) is 18.0 Å². The van der Waals surface area contributed by atoms with Crippen LogP contribution < -0.4 is 10.1 Å². The van der Waals surface area contributed by atoms with E-state index in [-0.39, 0.29) is 11.9 Å². The van der Waals surface area contributed by atoms with Gasteiger partial charge in [0.15, 0.2) is 0 Å². The summed E-state index contributed by atoms with van der Waals surface area (Å²) in [4.78, 5) is 16.9. The number of amides is 1. The third-order valence-corrected chi connectivity index (χ3v) is 5.14. The highest BCUT2D eigenvalue weighted by Crippen LogP contribution is 2.24. The van der Waals surface area contributed by atoms with E-state index in [0.29, 0.717) is 18.1 Å². The molecule has 0 aliphatic heterocycles. The second kappa shape index (κ2) is 10.5. The number of aromatic nitrogens is 1. The zero-order chi connectivity index (χ0) is 19.6. The molecule has 144 valence electrons. The minimum absolute atomic E-state index is 0.00340. The number of benzene rings is 2. The van der Waals surface area contributed by atoms with Crippen LogP contribution in [0.2, 0.25) is 0 Å². The highest BCUT2D eigenvalue weighted by atomic mass is 32.2. The van der Waals surface area contributed by atoms with Crippen molar-refractivity contribution in [1.29, 1.82) is 0 Å². The first-order valence-electron chi connectivity index (χ1n) is 9.31. The van der Waals surface area contributed by atoms with Crippen molar-refractivity contribution < 1.29 is 9.53 Å². The third kappa shape index (κ3) is 5.86. The van der Waals surface area contributed by atoms with Crippen molar-refractivity contribution in [1.82, 2.24) is 10.3 Å². The molecule has 0 aliphatic rings. The number of rotatable bonds is 9. The number of thioether (sulfide) groups is 1. The summed E-state index contributed by atoms with van der Waals surface area (Å²) in [5.41, 5.74) is 3.05. The van der Waals surface area contributed by atoms with Gasteiger partial charge in [0, 0.05) is 11.9 Å². The Kier molecular flexibility index (Phi) is 7.50. The van der Waals surface area contributed by atoms with Crippen molar-refractivity contribution in [2.45, 2.75) is 18.7 Å². The van der Waals surface area contributed by atoms with Crippen LogP contribution in [0.25, 0.3) is 0 Å². The van der Waals surface area contributed by atoms with E-state index in [4.69, 9.17) is 4.74 Å². The molecule has 5 heteroatoms. The summed E-state index contributed by atoms with van der Waals surface area (Å²) in [6.45, 7) is 2.59. The Morgan fingerprint density at radius 3 is 2.39 bits per heavy atom. The van der Waals surface area contributed by atoms with Crippen molar-refractivity contribution in [3.05, 3.63) is 95.8 Å². The summed E-state index contributed by atoms with van der Waals surface area (Å²) >= 11 is 1.56. The zero-order valence-corrected chi connectivity index (χ0v) is 16.7. The molecule has 1 aromatic heterocycles. The summed E-state index contributed by atoms with van der Waals surface area (Å²) < 4.78 is 5.53. The predicted molar refractivity (Wildman–Crippen MR) is 114 cm³/mol. The fourth-order valence-corrected chi connectivity index (χ4v) is 3.61. The van der Waals surface area contributed by atoms with Gasteiger partial charge in [0.05, 0.1) is 24.1 Å². The van der Waals surface area contributed by atoms with Gasteiger partial charge in [-0.2, -0.15) is 0 Å². The smallest absolute Gasteiger partial charge is 0.230 e. The maximum absolute atomic E-state index is 12.6. The number of hydrogen-bond acceptors (Lipinski definition) is 4. The normalized spacial score (nSPS) is 11.6. The first-order valence-corrected chi connectivity index (χ1v) is 10.5. The third-order valence-electron chi connectivity index (χ3n) is 4.17. The molecule has 0 radical (unpaired) electrons. The van der Waals surface area contributed by atoms with E-state index in [0.717, 1.165) is 22.6 Å². The molecule has 0 bridgehead atoms. The molecule has 0 aliphatic carbocycles. The van der Waals surface area contributed by atoms with Crippen molar-refractivity contribution in [3.63, 3.8) is 0 Å². The largest absolute Gasteiger partial charge is 0.494 e. The lowest BCUT2D eigenvalue weighted by molar-refractivity contribution is -0.119. The van der Waals surface area contributed by atoms with Gasteiger partial charge in [-0.3, -0.25) is 9.78 Å². The number of carbonyl (C=O) groups excluding carboxylic acids is 1. The topological polar surface area (TPSA) is 51.2 Å². The molecule has 0 saturated heterocycles. The molecular weight excluding hydrogens is 368 g/mol. The van der Waals surface area contributed by atoms with Crippen LogP contribution in [0.5, 0.6) is 5.75 Å². The van der Waals surface area contributed by atoms with Crippen LogP contribution in [0.15, 0.2) is 79.0 Å². The first-order chi connectivity index (χ1) is 13.8. The predicted octanol–water partition coefficient (Wildman–Crippen LogP) is 4.62. The van der Waals surface area contributed by atoms with E-state index in [9.17, 15) is 4.79 Å². The highest BCUT2D eigenvalue weighted by molar-refractivity contribution is 7.99. The first kappa shape index (κ1) is 20.0. The van der Waals surface area contributed by atoms with Crippen LogP contribution in [0.1, 0.15) is 29.8 Å². The number of hydrogen-bond donors (Lipinski definition) is 1. The van der Waals surface area contributed by atoms with E-state index in [2.05, 4.69) is 10.3 Å². The molecule has 2 aromatic carbocycles. The van der Waals surface area contributed by atoms with E-state index in [1.165, 1.54) is 0 Å². The number of ether oxygens (including phenoxy) is 1. The molecule has 3 aromatic rings. The molecular formula is C23H24N2O2S. The van der Waals surface area contributed by atoms with Gasteiger partial charge in [-0.25, -0.2) is 0 Å². The maximum Gasteiger partial charge on any atom is 0.230 e. The van der Waals surface area contributed by atoms with Crippen LogP contribution in [0.4, 0.5) is 0 Å². The Balaban J connectivity index is 1.66. The van der Waals surface area contributed by atoms with Crippen LogP contribution in [-0.2, 0) is 10.5 Å². The summed E-state index contributed by atoms with van der Waals surface area (Å²) in [7, 11) is 0. The Morgan fingerprint density at radius 1 is 1.00 bits per heavy atom. The van der Waals surface area contributed by atoms with Gasteiger partial charge in [-0.15, -0.1) is 11.8 Å². The highest BCUT2D eigenvalue weighted by Gasteiger charge is 2.17. The maximum atomic E-state index is 12.6. The lowest BCUT2D eigenvalue weighted by Gasteiger charge is -2.20. The molecule has 0 fully saturated rings. The number of carbonyl (C=O) groups is 1. The Hall–Kier alpha value is -2.79. The summed E-state index contributed by atoms with van der Waals surface area (Å²) in [5, 5.41) is 3.17. The minimum atomic E-state index is -0.195. The van der Waals surface area contributed by atoms with Crippen molar-refractivity contribution in [3.8, 4) is 5.75 Å². The van der Waals surface area contributed by atoms with Crippen LogP contribution >= 0.6 is 11.8 Å². The quantitative estimate of drug-likeness (QED) is 0.577. The number of pyridine rings is 1. The molecule has 0 saturated carbocycles. The summed E-state index contributed by atoms with van der Waals surface area (Å²) in [5.74, 6) is 1.93. The standard InChI is InChI=1S/C23H24N2O2S/c1-2-27-21-13-11-19(12-14-21)23(18-8-4-3-5-9-18)25-22(26)17-28-16-20-10-6-7-15-24-20/h3-15,23H,2,16-17H2,1H3,(H,25,26). The summed E-state index contributed by atoms with van der Waals surface area (Å²) in [6, 6.07) is 23.5. The van der Waals surface area contributed by atoms with E-state index in [1.807, 2.05) is 79.7 Å². The van der Waals surface area contributed by atoms with Crippen molar-refractivity contribution >= 4 is 17.7 Å². The Labute approximate surface area is 170 Å². The van der Waals surface area contributed by atoms with Gasteiger partial charge in [-0.05, 0) is 42.3 Å². The minimum Gasteiger partial charge on any atom is -0.494 e. The number of nitrogens with one attached hydrogen (secondary N) is 1. The lowest BCUT2D eigenvalue weighted by atomic mass is 9.98. The average Bonchev–Trinajstić information content (AvgIpc) is 2.74. The molecule has 1 atom stereocenters. The van der Waals surface area contributed by atoms with Gasteiger partial charge in [0.25, 0.3) is 0 Å². The van der Waals surface area contributed by atoms with E-state index >= 15 is 0 Å². The molecule has 3 rings (SSSR count). The molecule has 4 nitrogen and oxygen atoms in total. The fourth-order valence-electron chi connectivity index (χ4n) is 2.86. The van der Waals surface area contributed by atoms with Crippen LogP contribution in [0.3, 0.4) is 0 Å². The van der Waals surface area contributed by atoms with Crippen LogP contribution in [-0.4, -0.2) is 23.3 Å². The molecule has 28 heavy (non-hydrogen) atoms. The molecule has 1 heterocycles. The van der Waals surface area contributed by atoms with E-state index < -0.39 is 0 Å². The molecule has 0 spiro atoms. The van der Waals surface area contributed by atoms with Gasteiger partial charge in [0.2, 0.25) is 5.91 Å². The lowest BCUT2D eigenvalue weighted by Crippen LogP contribution is -2.30. The van der Waals surface area contributed by atoms with Crippen LogP contribution in [0, 0.1) is 0 Å². The molecule has 1 N–H and O–H groups in total. The molecule has 1 amide bonds. The van der Waals surface area contributed by atoms with Gasteiger partial charge < -0.3 is 10.1 Å². The molecule has 1 unspecified atom stereocenters. The van der Waals surface area contributed by atoms with Gasteiger partial charge in [0.1, 0.15) is 5.75 Å². The zero-order valence-electron chi connectivity index (χ0n) is 15.9. The van der Waals surface area contributed by atoms with Crippen molar-refractivity contribution in [2.24, 2.45) is 0 Å². The van der Waals surface area contributed by atoms with Gasteiger partial charge in [-0.1, -0.05) is 48.5 Å². The second-order valence-electron chi connectivity index (χ2n) is 6.23.